The predicted molar refractivity (Wildman–Crippen MR) is 51.8 cm³/mol. The number of ether oxygens (including phenoxy) is 2. The lowest BCUT2D eigenvalue weighted by Crippen LogP contribution is -2.26. The van der Waals surface area contributed by atoms with Gasteiger partial charge < -0.3 is 9.47 Å². The highest BCUT2D eigenvalue weighted by Crippen LogP contribution is 2.22. The van der Waals surface area contributed by atoms with Crippen molar-refractivity contribution in [2.75, 3.05) is 6.61 Å². The fourth-order valence-electron chi connectivity index (χ4n) is 1.88. The van der Waals surface area contributed by atoms with Gasteiger partial charge in [-0.25, -0.2) is 0 Å². The Hall–Kier alpha value is -0.670. The molecule has 1 fully saturated rings. The topological polar surface area (TPSA) is 35.5 Å². The molecule has 3 nitrogen and oxygen atoms in total. The van der Waals surface area contributed by atoms with E-state index in [0.717, 1.165) is 31.4 Å². The molecule has 0 bridgehead atoms. The van der Waals surface area contributed by atoms with Gasteiger partial charge in [0.25, 0.3) is 0 Å². The normalized spacial score (nSPS) is 33.2. The van der Waals surface area contributed by atoms with E-state index in [0.29, 0.717) is 6.42 Å². The van der Waals surface area contributed by atoms with Crippen molar-refractivity contribution in [3.63, 3.8) is 0 Å². The van der Waals surface area contributed by atoms with Crippen LogP contribution in [0.2, 0.25) is 0 Å². The summed E-state index contributed by atoms with van der Waals surface area (Å²) in [5, 5.41) is 0. The molecule has 0 amide bonds. The summed E-state index contributed by atoms with van der Waals surface area (Å²) in [6, 6.07) is 0. The van der Waals surface area contributed by atoms with Gasteiger partial charge in [-0.2, -0.15) is 0 Å². The monoisotopic (exact) mass is 196 g/mol. The van der Waals surface area contributed by atoms with Gasteiger partial charge in [-0.05, 0) is 37.8 Å². The van der Waals surface area contributed by atoms with Gasteiger partial charge in [0.15, 0.2) is 12.1 Å². The molecule has 1 unspecified atom stereocenters. The first-order valence-electron chi connectivity index (χ1n) is 5.24. The van der Waals surface area contributed by atoms with Crippen LogP contribution >= 0.6 is 0 Å². The molecule has 1 saturated heterocycles. The first kappa shape index (κ1) is 9.87. The maximum absolute atomic E-state index is 11.2. The molecule has 1 aliphatic heterocycles. The Labute approximate surface area is 84.1 Å². The van der Waals surface area contributed by atoms with Crippen LogP contribution in [0.3, 0.4) is 0 Å². The third-order valence-electron chi connectivity index (χ3n) is 2.73. The van der Waals surface area contributed by atoms with Crippen LogP contribution in [0.15, 0.2) is 11.6 Å². The lowest BCUT2D eigenvalue weighted by Gasteiger charge is -2.24. The molecule has 0 aromatic carbocycles. The maximum atomic E-state index is 11.2. The van der Waals surface area contributed by atoms with Crippen molar-refractivity contribution in [3.8, 4) is 0 Å². The average molecular weight is 196 g/mol. The molecular formula is C11H16O3. The SMILES string of the molecule is CC1=C[C@H](OC2CCCCO2)CC1=O. The zero-order chi connectivity index (χ0) is 9.97. The number of Topliss-reactive ketones (excluding diaryl/α,β-unsaturated/α-hetero) is 1. The fourth-order valence-corrected chi connectivity index (χ4v) is 1.88. The van der Waals surface area contributed by atoms with E-state index in [9.17, 15) is 4.79 Å². The molecule has 0 saturated carbocycles. The smallest absolute Gasteiger partial charge is 0.161 e. The molecule has 0 N–H and O–H groups in total. The molecule has 2 aliphatic rings. The van der Waals surface area contributed by atoms with E-state index in [1.165, 1.54) is 0 Å². The van der Waals surface area contributed by atoms with Crippen molar-refractivity contribution in [3.05, 3.63) is 11.6 Å². The quantitative estimate of drug-likeness (QED) is 0.675. The van der Waals surface area contributed by atoms with Crippen LogP contribution in [0.4, 0.5) is 0 Å². The van der Waals surface area contributed by atoms with Crippen LogP contribution in [0, 0.1) is 0 Å². The summed E-state index contributed by atoms with van der Waals surface area (Å²) in [6.07, 6.45) is 5.49. The molecule has 78 valence electrons. The molecule has 14 heavy (non-hydrogen) atoms. The first-order chi connectivity index (χ1) is 6.75. The third kappa shape index (κ3) is 2.22. The third-order valence-corrected chi connectivity index (χ3v) is 2.73. The zero-order valence-corrected chi connectivity index (χ0v) is 8.49. The highest BCUT2D eigenvalue weighted by molar-refractivity contribution is 5.97. The summed E-state index contributed by atoms with van der Waals surface area (Å²) >= 11 is 0. The van der Waals surface area contributed by atoms with Gasteiger partial charge in [0, 0.05) is 13.0 Å². The summed E-state index contributed by atoms with van der Waals surface area (Å²) < 4.78 is 11.1. The second-order valence-corrected chi connectivity index (χ2v) is 3.95. The van der Waals surface area contributed by atoms with E-state index in [-0.39, 0.29) is 18.2 Å². The van der Waals surface area contributed by atoms with Gasteiger partial charge in [0.2, 0.25) is 0 Å². The van der Waals surface area contributed by atoms with E-state index in [1.807, 2.05) is 13.0 Å². The lowest BCUT2D eigenvalue weighted by molar-refractivity contribution is -0.178. The van der Waals surface area contributed by atoms with E-state index in [4.69, 9.17) is 9.47 Å². The number of rotatable bonds is 2. The number of ketones is 1. The van der Waals surface area contributed by atoms with Crippen LogP contribution in [-0.4, -0.2) is 24.8 Å². The summed E-state index contributed by atoms with van der Waals surface area (Å²) in [7, 11) is 0. The van der Waals surface area contributed by atoms with Crippen LogP contribution < -0.4 is 0 Å². The molecule has 2 atom stereocenters. The van der Waals surface area contributed by atoms with Gasteiger partial charge in [-0.1, -0.05) is 0 Å². The molecule has 0 radical (unpaired) electrons. The van der Waals surface area contributed by atoms with Crippen LogP contribution in [0.1, 0.15) is 32.6 Å². The standard InChI is InChI=1S/C11H16O3/c1-8-6-9(7-10(8)12)14-11-4-2-3-5-13-11/h6,9,11H,2-5,7H2,1H3/t9-,11?/m0/s1. The van der Waals surface area contributed by atoms with Crippen molar-refractivity contribution in [2.24, 2.45) is 0 Å². The molecule has 2 rings (SSSR count). The second-order valence-electron chi connectivity index (χ2n) is 3.95. The zero-order valence-electron chi connectivity index (χ0n) is 8.49. The van der Waals surface area contributed by atoms with Gasteiger partial charge in [0.05, 0.1) is 6.10 Å². The van der Waals surface area contributed by atoms with Gasteiger partial charge >= 0.3 is 0 Å². The Morgan fingerprint density at radius 3 is 2.93 bits per heavy atom. The van der Waals surface area contributed by atoms with Crippen molar-refractivity contribution in [2.45, 2.75) is 45.0 Å². The largest absolute Gasteiger partial charge is 0.353 e. The van der Waals surface area contributed by atoms with Gasteiger partial charge in [-0.3, -0.25) is 4.79 Å². The van der Waals surface area contributed by atoms with Crippen LogP contribution in [0.25, 0.3) is 0 Å². The Kier molecular flexibility index (Phi) is 2.99. The highest BCUT2D eigenvalue weighted by Gasteiger charge is 2.25. The summed E-state index contributed by atoms with van der Waals surface area (Å²) in [5.74, 6) is 0.200. The molecule has 0 aromatic heterocycles. The second kappa shape index (κ2) is 4.24. The first-order valence-corrected chi connectivity index (χ1v) is 5.24. The molecule has 0 aromatic rings. The van der Waals surface area contributed by atoms with Gasteiger partial charge in [-0.15, -0.1) is 0 Å². The highest BCUT2D eigenvalue weighted by atomic mass is 16.7. The molecule has 1 heterocycles. The maximum Gasteiger partial charge on any atom is 0.161 e. The van der Waals surface area contributed by atoms with Crippen molar-refractivity contribution < 1.29 is 14.3 Å². The lowest BCUT2D eigenvalue weighted by atomic mass is 10.2. The molecule has 3 heteroatoms. The number of carbonyl (C=O) groups is 1. The van der Waals surface area contributed by atoms with Crippen LogP contribution in [-0.2, 0) is 14.3 Å². The number of allylic oxidation sites excluding steroid dienone is 1. The van der Waals surface area contributed by atoms with Crippen molar-refractivity contribution in [1.29, 1.82) is 0 Å². The number of hydrogen-bond donors (Lipinski definition) is 0. The Bertz CT molecular complexity index is 251. The van der Waals surface area contributed by atoms with Crippen LogP contribution in [0.5, 0.6) is 0 Å². The molecule has 0 spiro atoms. The number of carbonyl (C=O) groups excluding carboxylic acids is 1. The van der Waals surface area contributed by atoms with E-state index >= 15 is 0 Å². The van der Waals surface area contributed by atoms with Gasteiger partial charge in [0.1, 0.15) is 0 Å². The Balaban J connectivity index is 1.83. The van der Waals surface area contributed by atoms with E-state index in [2.05, 4.69) is 0 Å². The van der Waals surface area contributed by atoms with E-state index < -0.39 is 0 Å². The van der Waals surface area contributed by atoms with Crippen molar-refractivity contribution in [1.82, 2.24) is 0 Å². The summed E-state index contributed by atoms with van der Waals surface area (Å²) in [4.78, 5) is 11.2. The predicted octanol–water partition coefficient (Wildman–Crippen LogP) is 1.82. The molecular weight excluding hydrogens is 180 g/mol. The number of hydrogen-bond acceptors (Lipinski definition) is 3. The minimum absolute atomic E-state index is 0.0504. The Morgan fingerprint density at radius 1 is 1.50 bits per heavy atom. The Morgan fingerprint density at radius 2 is 2.36 bits per heavy atom. The van der Waals surface area contributed by atoms with Crippen molar-refractivity contribution >= 4 is 5.78 Å². The van der Waals surface area contributed by atoms with E-state index in [1.54, 1.807) is 0 Å². The fraction of sp³-hybridized carbons (Fsp3) is 0.727. The average Bonchev–Trinajstić information content (AvgIpc) is 2.47. The molecule has 1 aliphatic carbocycles. The summed E-state index contributed by atoms with van der Waals surface area (Å²) in [6.45, 7) is 2.63. The minimum Gasteiger partial charge on any atom is -0.353 e. The summed E-state index contributed by atoms with van der Waals surface area (Å²) in [5.41, 5.74) is 0.825. The minimum atomic E-state index is -0.0938.